The quantitative estimate of drug-likeness (QED) is 0.583. The van der Waals surface area contributed by atoms with Crippen LogP contribution in [0, 0.1) is 10.1 Å². The highest BCUT2D eigenvalue weighted by Gasteiger charge is 2.31. The number of non-ortho nitro benzene ring substituents is 1. The summed E-state index contributed by atoms with van der Waals surface area (Å²) in [4.78, 5) is 12.8. The zero-order chi connectivity index (χ0) is 20.6. The van der Waals surface area contributed by atoms with Gasteiger partial charge in [-0.25, -0.2) is 8.42 Å². The molecule has 1 saturated heterocycles. The Kier molecular flexibility index (Phi) is 5.18. The van der Waals surface area contributed by atoms with Crippen molar-refractivity contribution in [2.45, 2.75) is 35.6 Å². The van der Waals surface area contributed by atoms with Crippen LogP contribution in [-0.2, 0) is 16.3 Å². The first-order chi connectivity index (χ1) is 13.9. The minimum absolute atomic E-state index is 0.0554. The van der Waals surface area contributed by atoms with Gasteiger partial charge in [0.05, 0.1) is 20.4 Å². The van der Waals surface area contributed by atoms with Crippen molar-refractivity contribution in [3.05, 3.63) is 52.1 Å². The second kappa shape index (κ2) is 7.64. The Hall–Kier alpha value is -2.65. The number of sulfone groups is 1. The van der Waals surface area contributed by atoms with Crippen LogP contribution < -0.4 is 15.5 Å². The Morgan fingerprint density at radius 1 is 1.17 bits per heavy atom. The SMILES string of the molecule is CC1CCc2c(ccc(S(=O)(=O)c3cccc([N+](=O)[O-])c3)c2N2CCNCC2)N1. The van der Waals surface area contributed by atoms with Crippen LogP contribution in [0.1, 0.15) is 18.9 Å². The third kappa shape index (κ3) is 3.67. The summed E-state index contributed by atoms with van der Waals surface area (Å²) in [7, 11) is -3.92. The van der Waals surface area contributed by atoms with E-state index >= 15 is 0 Å². The van der Waals surface area contributed by atoms with Gasteiger partial charge >= 0.3 is 0 Å². The monoisotopic (exact) mass is 416 g/mol. The second-order valence-electron chi connectivity index (χ2n) is 7.52. The van der Waals surface area contributed by atoms with Crippen LogP contribution in [0.2, 0.25) is 0 Å². The summed E-state index contributed by atoms with van der Waals surface area (Å²) in [5, 5.41) is 17.9. The molecule has 0 aliphatic carbocycles. The molecule has 0 bridgehead atoms. The number of nitro benzene ring substituents is 1. The maximum atomic E-state index is 13.5. The molecule has 0 saturated carbocycles. The molecule has 0 aromatic heterocycles. The smallest absolute Gasteiger partial charge is 0.270 e. The molecule has 2 N–H and O–H groups in total. The summed E-state index contributed by atoms with van der Waals surface area (Å²) in [6, 6.07) is 9.06. The van der Waals surface area contributed by atoms with Crippen LogP contribution in [-0.4, -0.2) is 45.6 Å². The van der Waals surface area contributed by atoms with E-state index in [1.54, 1.807) is 6.07 Å². The molecule has 0 spiro atoms. The second-order valence-corrected chi connectivity index (χ2v) is 9.44. The van der Waals surface area contributed by atoms with E-state index in [2.05, 4.69) is 22.5 Å². The number of nitrogens with zero attached hydrogens (tertiary/aromatic N) is 2. The van der Waals surface area contributed by atoms with Crippen LogP contribution in [0.3, 0.4) is 0 Å². The van der Waals surface area contributed by atoms with Gasteiger partial charge in [-0.2, -0.15) is 0 Å². The lowest BCUT2D eigenvalue weighted by atomic mass is 9.96. The maximum absolute atomic E-state index is 13.5. The summed E-state index contributed by atoms with van der Waals surface area (Å²) >= 11 is 0. The predicted octanol–water partition coefficient (Wildman–Crippen LogP) is 2.58. The van der Waals surface area contributed by atoms with Gasteiger partial charge in [0.2, 0.25) is 9.84 Å². The minimum atomic E-state index is -3.92. The van der Waals surface area contributed by atoms with Crippen molar-refractivity contribution in [3.63, 3.8) is 0 Å². The zero-order valence-electron chi connectivity index (χ0n) is 16.2. The molecule has 1 fully saturated rings. The molecule has 0 radical (unpaired) electrons. The van der Waals surface area contributed by atoms with Gasteiger partial charge in [-0.3, -0.25) is 10.1 Å². The van der Waals surface area contributed by atoms with Gasteiger partial charge in [0.15, 0.2) is 0 Å². The molecule has 2 aliphatic heterocycles. The Bertz CT molecular complexity index is 1050. The molecular formula is C20H24N4O4S. The zero-order valence-corrected chi connectivity index (χ0v) is 17.0. The molecule has 2 heterocycles. The average Bonchev–Trinajstić information content (AvgIpc) is 2.73. The largest absolute Gasteiger partial charge is 0.382 e. The predicted molar refractivity (Wildman–Crippen MR) is 111 cm³/mol. The fraction of sp³-hybridized carbons (Fsp3) is 0.400. The first kappa shape index (κ1) is 19.7. The highest BCUT2D eigenvalue weighted by atomic mass is 32.2. The molecular weight excluding hydrogens is 392 g/mol. The molecule has 2 aromatic rings. The number of nitrogens with one attached hydrogen (secondary N) is 2. The summed E-state index contributed by atoms with van der Waals surface area (Å²) in [6.45, 7) is 5.10. The van der Waals surface area contributed by atoms with Gasteiger partial charge in [-0.15, -0.1) is 0 Å². The van der Waals surface area contributed by atoms with Crippen molar-refractivity contribution in [1.82, 2.24) is 5.32 Å². The molecule has 154 valence electrons. The van der Waals surface area contributed by atoms with Crippen LogP contribution in [0.25, 0.3) is 0 Å². The number of anilines is 2. The Labute approximate surface area is 170 Å². The van der Waals surface area contributed by atoms with Crippen molar-refractivity contribution in [2.24, 2.45) is 0 Å². The molecule has 9 heteroatoms. The summed E-state index contributed by atoms with van der Waals surface area (Å²) in [6.07, 6.45) is 1.72. The molecule has 2 aromatic carbocycles. The van der Waals surface area contributed by atoms with E-state index < -0.39 is 14.8 Å². The van der Waals surface area contributed by atoms with Crippen LogP contribution >= 0.6 is 0 Å². The lowest BCUT2D eigenvalue weighted by Gasteiger charge is -2.35. The Morgan fingerprint density at radius 2 is 1.93 bits per heavy atom. The van der Waals surface area contributed by atoms with Crippen molar-refractivity contribution < 1.29 is 13.3 Å². The number of fused-ring (bicyclic) bond motifs is 1. The van der Waals surface area contributed by atoms with Gasteiger partial charge < -0.3 is 15.5 Å². The summed E-state index contributed by atoms with van der Waals surface area (Å²) in [5.74, 6) is 0. The fourth-order valence-corrected chi connectivity index (χ4v) is 5.59. The Morgan fingerprint density at radius 3 is 2.66 bits per heavy atom. The molecule has 1 unspecified atom stereocenters. The lowest BCUT2D eigenvalue weighted by Crippen LogP contribution is -2.44. The number of hydrogen-bond donors (Lipinski definition) is 2. The Balaban J connectivity index is 1.88. The van der Waals surface area contributed by atoms with Crippen LogP contribution in [0.15, 0.2) is 46.2 Å². The van der Waals surface area contributed by atoms with Crippen LogP contribution in [0.5, 0.6) is 0 Å². The standard InChI is InChI=1S/C20H24N4O4S/c1-14-5-6-17-18(22-14)7-8-19(20(17)23-11-9-21-10-12-23)29(27,28)16-4-2-3-15(13-16)24(25)26/h2-4,7-8,13-14,21-22H,5-6,9-12H2,1H3. The summed E-state index contributed by atoms with van der Waals surface area (Å²) < 4.78 is 27.1. The van der Waals surface area contributed by atoms with Crippen LogP contribution in [0.4, 0.5) is 17.1 Å². The van der Waals surface area contributed by atoms with Gasteiger partial charge in [0, 0.05) is 55.6 Å². The van der Waals surface area contributed by atoms with E-state index in [0.29, 0.717) is 19.1 Å². The average molecular weight is 417 g/mol. The maximum Gasteiger partial charge on any atom is 0.270 e. The number of piperazine rings is 1. The minimum Gasteiger partial charge on any atom is -0.382 e. The molecule has 8 nitrogen and oxygen atoms in total. The molecule has 4 rings (SSSR count). The normalized spacial score (nSPS) is 19.3. The third-order valence-corrected chi connectivity index (χ3v) is 7.32. The van der Waals surface area contributed by atoms with E-state index in [4.69, 9.17) is 0 Å². The van der Waals surface area contributed by atoms with Gasteiger partial charge in [0.1, 0.15) is 0 Å². The number of hydrogen-bond acceptors (Lipinski definition) is 7. The van der Waals surface area contributed by atoms with Crippen molar-refractivity contribution in [2.75, 3.05) is 36.4 Å². The van der Waals surface area contributed by atoms with Gasteiger partial charge in [-0.05, 0) is 38.0 Å². The topological polar surface area (TPSA) is 105 Å². The van der Waals surface area contributed by atoms with E-state index in [9.17, 15) is 18.5 Å². The first-order valence-corrected chi connectivity index (χ1v) is 11.2. The molecule has 1 atom stereocenters. The van der Waals surface area contributed by atoms with E-state index in [1.165, 1.54) is 18.2 Å². The number of rotatable bonds is 4. The number of nitro groups is 1. The van der Waals surface area contributed by atoms with Crippen molar-refractivity contribution in [3.8, 4) is 0 Å². The van der Waals surface area contributed by atoms with E-state index in [-0.39, 0.29) is 15.5 Å². The number of benzene rings is 2. The van der Waals surface area contributed by atoms with E-state index in [0.717, 1.165) is 48.9 Å². The fourth-order valence-electron chi connectivity index (χ4n) is 4.04. The summed E-state index contributed by atoms with van der Waals surface area (Å²) in [5.41, 5.74) is 2.48. The highest BCUT2D eigenvalue weighted by molar-refractivity contribution is 7.91. The lowest BCUT2D eigenvalue weighted by molar-refractivity contribution is -0.385. The highest BCUT2D eigenvalue weighted by Crippen LogP contribution is 2.40. The molecule has 29 heavy (non-hydrogen) atoms. The van der Waals surface area contributed by atoms with E-state index in [1.807, 2.05) is 6.07 Å². The molecule has 0 amide bonds. The van der Waals surface area contributed by atoms with Crippen molar-refractivity contribution >= 4 is 26.9 Å². The van der Waals surface area contributed by atoms with Gasteiger partial charge in [-0.1, -0.05) is 6.07 Å². The third-order valence-electron chi connectivity index (χ3n) is 5.54. The molecule has 2 aliphatic rings. The van der Waals surface area contributed by atoms with Crippen molar-refractivity contribution in [1.29, 1.82) is 0 Å². The van der Waals surface area contributed by atoms with Gasteiger partial charge in [0.25, 0.3) is 5.69 Å². The first-order valence-electron chi connectivity index (χ1n) is 9.75.